The van der Waals surface area contributed by atoms with E-state index in [0.717, 1.165) is 25.7 Å². The SMILES string of the molecule is O=C(CN1CCCCCCC1=O)c1ccc(Cl)s1. The molecule has 0 N–H and O–H groups in total. The van der Waals surface area contributed by atoms with Crippen molar-refractivity contribution < 1.29 is 9.59 Å². The molecule has 5 heteroatoms. The van der Waals surface area contributed by atoms with Crippen LogP contribution >= 0.6 is 22.9 Å². The van der Waals surface area contributed by atoms with Gasteiger partial charge >= 0.3 is 0 Å². The van der Waals surface area contributed by atoms with Gasteiger partial charge in [-0.1, -0.05) is 24.4 Å². The molecular formula is C13H16ClNO2S. The molecular weight excluding hydrogens is 270 g/mol. The Balaban J connectivity index is 1.98. The summed E-state index contributed by atoms with van der Waals surface area (Å²) in [4.78, 5) is 26.2. The molecule has 2 rings (SSSR count). The quantitative estimate of drug-likeness (QED) is 0.799. The number of Topliss-reactive ketones (excluding diaryl/α,β-unsaturated/α-hetero) is 1. The molecule has 0 aliphatic carbocycles. The average molecular weight is 286 g/mol. The van der Waals surface area contributed by atoms with Gasteiger partial charge in [-0.3, -0.25) is 9.59 Å². The Morgan fingerprint density at radius 3 is 2.78 bits per heavy atom. The van der Waals surface area contributed by atoms with Crippen LogP contribution in [0.4, 0.5) is 0 Å². The van der Waals surface area contributed by atoms with Crippen molar-refractivity contribution in [2.24, 2.45) is 0 Å². The Labute approximate surface area is 116 Å². The lowest BCUT2D eigenvalue weighted by atomic mass is 10.1. The molecule has 0 bridgehead atoms. The predicted molar refractivity (Wildman–Crippen MR) is 73.3 cm³/mol. The number of nitrogens with zero attached hydrogens (tertiary/aromatic N) is 1. The molecule has 0 saturated carbocycles. The maximum atomic E-state index is 12.0. The van der Waals surface area contributed by atoms with Gasteiger partial charge < -0.3 is 4.90 Å². The fourth-order valence-corrected chi connectivity index (χ4v) is 3.07. The van der Waals surface area contributed by atoms with E-state index in [2.05, 4.69) is 0 Å². The predicted octanol–water partition coefficient (Wildman–Crippen LogP) is 3.38. The van der Waals surface area contributed by atoms with Crippen LogP contribution < -0.4 is 0 Å². The highest BCUT2D eigenvalue weighted by molar-refractivity contribution is 7.18. The van der Waals surface area contributed by atoms with Crippen LogP contribution in [0.5, 0.6) is 0 Å². The molecule has 0 unspecified atom stereocenters. The minimum atomic E-state index is -0.0131. The lowest BCUT2D eigenvalue weighted by Gasteiger charge is -2.23. The molecule has 1 aliphatic heterocycles. The first-order valence-electron chi connectivity index (χ1n) is 6.23. The standard InChI is InChI=1S/C13H16ClNO2S/c14-12-7-6-11(18-12)10(16)9-15-8-4-2-1-3-5-13(15)17/h6-7H,1-5,8-9H2. The molecule has 0 spiro atoms. The van der Waals surface area contributed by atoms with Crippen LogP contribution in [0.15, 0.2) is 12.1 Å². The first-order valence-corrected chi connectivity index (χ1v) is 7.42. The van der Waals surface area contributed by atoms with Crippen molar-refractivity contribution in [3.63, 3.8) is 0 Å². The van der Waals surface area contributed by atoms with E-state index in [-0.39, 0.29) is 18.2 Å². The summed E-state index contributed by atoms with van der Waals surface area (Å²) in [5, 5.41) is 0. The van der Waals surface area contributed by atoms with Gasteiger partial charge in [-0.25, -0.2) is 0 Å². The second-order valence-corrected chi connectivity index (χ2v) is 6.22. The average Bonchev–Trinajstić information content (AvgIpc) is 2.75. The van der Waals surface area contributed by atoms with Gasteiger partial charge in [-0.2, -0.15) is 0 Å². The van der Waals surface area contributed by atoms with Crippen LogP contribution in [0.1, 0.15) is 41.8 Å². The van der Waals surface area contributed by atoms with Crippen LogP contribution in [0.2, 0.25) is 4.34 Å². The van der Waals surface area contributed by atoms with Gasteiger partial charge in [0.25, 0.3) is 0 Å². The molecule has 1 aromatic rings. The van der Waals surface area contributed by atoms with Crippen molar-refractivity contribution in [3.05, 3.63) is 21.3 Å². The van der Waals surface area contributed by atoms with Crippen LogP contribution in [0.25, 0.3) is 0 Å². The minimum Gasteiger partial charge on any atom is -0.335 e. The Morgan fingerprint density at radius 2 is 2.06 bits per heavy atom. The number of thiophene rings is 1. The van der Waals surface area contributed by atoms with E-state index in [1.54, 1.807) is 17.0 Å². The van der Waals surface area contributed by atoms with Crippen molar-refractivity contribution >= 4 is 34.6 Å². The summed E-state index contributed by atoms with van der Waals surface area (Å²) >= 11 is 7.08. The molecule has 1 aliphatic rings. The van der Waals surface area contributed by atoms with E-state index in [0.29, 0.717) is 22.2 Å². The highest BCUT2D eigenvalue weighted by atomic mass is 35.5. The van der Waals surface area contributed by atoms with Crippen molar-refractivity contribution in [1.82, 2.24) is 4.90 Å². The number of carbonyl (C=O) groups is 2. The Kier molecular flexibility index (Phi) is 4.78. The molecule has 2 heterocycles. The van der Waals surface area contributed by atoms with Crippen LogP contribution in [0, 0.1) is 0 Å². The number of rotatable bonds is 3. The van der Waals surface area contributed by atoms with Gasteiger partial charge in [0.2, 0.25) is 5.91 Å². The highest BCUT2D eigenvalue weighted by Crippen LogP contribution is 2.22. The Bertz CT molecular complexity index is 444. The zero-order chi connectivity index (χ0) is 13.0. The fraction of sp³-hybridized carbons (Fsp3) is 0.538. The number of likely N-dealkylation sites (tertiary alicyclic amines) is 1. The number of hydrogen-bond donors (Lipinski definition) is 0. The van der Waals surface area contributed by atoms with E-state index in [1.807, 2.05) is 0 Å². The molecule has 98 valence electrons. The summed E-state index contributed by atoms with van der Waals surface area (Å²) in [6, 6.07) is 3.44. The second-order valence-electron chi connectivity index (χ2n) is 4.51. The van der Waals surface area contributed by atoms with Crippen LogP contribution in [-0.4, -0.2) is 29.7 Å². The van der Waals surface area contributed by atoms with Gasteiger partial charge in [0.05, 0.1) is 15.8 Å². The lowest BCUT2D eigenvalue weighted by Crippen LogP contribution is -2.37. The Morgan fingerprint density at radius 1 is 1.28 bits per heavy atom. The highest BCUT2D eigenvalue weighted by Gasteiger charge is 2.19. The zero-order valence-corrected chi connectivity index (χ0v) is 11.7. The number of ketones is 1. The van der Waals surface area contributed by atoms with Crippen molar-refractivity contribution in [2.75, 3.05) is 13.1 Å². The van der Waals surface area contributed by atoms with Gasteiger partial charge in [-0.05, 0) is 25.0 Å². The molecule has 0 atom stereocenters. The second kappa shape index (κ2) is 6.34. The van der Waals surface area contributed by atoms with Crippen molar-refractivity contribution in [1.29, 1.82) is 0 Å². The van der Waals surface area contributed by atoms with E-state index in [9.17, 15) is 9.59 Å². The molecule has 18 heavy (non-hydrogen) atoms. The van der Waals surface area contributed by atoms with Gasteiger partial charge in [0, 0.05) is 13.0 Å². The molecule has 0 aromatic carbocycles. The fourth-order valence-electron chi connectivity index (χ4n) is 2.10. The molecule has 1 fully saturated rings. The lowest BCUT2D eigenvalue weighted by molar-refractivity contribution is -0.131. The molecule has 0 radical (unpaired) electrons. The number of carbonyl (C=O) groups excluding carboxylic acids is 2. The molecule has 1 saturated heterocycles. The smallest absolute Gasteiger partial charge is 0.222 e. The summed E-state index contributed by atoms with van der Waals surface area (Å²) in [5.74, 6) is 0.0894. The van der Waals surface area contributed by atoms with Gasteiger partial charge in [0.15, 0.2) is 5.78 Å². The third kappa shape index (κ3) is 3.56. The third-order valence-electron chi connectivity index (χ3n) is 3.10. The minimum absolute atomic E-state index is 0.0131. The van der Waals surface area contributed by atoms with Crippen LogP contribution in [0.3, 0.4) is 0 Å². The molecule has 3 nitrogen and oxygen atoms in total. The zero-order valence-electron chi connectivity index (χ0n) is 10.2. The summed E-state index contributed by atoms with van der Waals surface area (Å²) in [5.41, 5.74) is 0. The molecule has 1 aromatic heterocycles. The maximum absolute atomic E-state index is 12.0. The first kappa shape index (κ1) is 13.6. The third-order valence-corrected chi connectivity index (χ3v) is 4.38. The van der Waals surface area contributed by atoms with Crippen LogP contribution in [-0.2, 0) is 4.79 Å². The summed E-state index contributed by atoms with van der Waals surface area (Å²) in [6.07, 6.45) is 4.76. The van der Waals surface area contributed by atoms with E-state index in [1.165, 1.54) is 11.3 Å². The van der Waals surface area contributed by atoms with Gasteiger partial charge in [-0.15, -0.1) is 11.3 Å². The molecule has 1 amide bonds. The van der Waals surface area contributed by atoms with E-state index < -0.39 is 0 Å². The van der Waals surface area contributed by atoms with Crippen molar-refractivity contribution in [2.45, 2.75) is 32.1 Å². The van der Waals surface area contributed by atoms with E-state index >= 15 is 0 Å². The topological polar surface area (TPSA) is 37.4 Å². The van der Waals surface area contributed by atoms with E-state index in [4.69, 9.17) is 11.6 Å². The summed E-state index contributed by atoms with van der Waals surface area (Å²) in [6.45, 7) is 0.888. The number of hydrogen-bond acceptors (Lipinski definition) is 3. The van der Waals surface area contributed by atoms with Crippen molar-refractivity contribution in [3.8, 4) is 0 Å². The largest absolute Gasteiger partial charge is 0.335 e. The summed E-state index contributed by atoms with van der Waals surface area (Å²) < 4.78 is 0.609. The number of halogens is 1. The monoisotopic (exact) mass is 285 g/mol. The summed E-state index contributed by atoms with van der Waals surface area (Å²) in [7, 11) is 0. The maximum Gasteiger partial charge on any atom is 0.222 e. The number of amides is 1. The first-order chi connectivity index (χ1) is 8.66. The normalized spacial score (nSPS) is 17.4. The van der Waals surface area contributed by atoms with Gasteiger partial charge in [0.1, 0.15) is 0 Å². The Hall–Kier alpha value is -0.870.